The molecule has 0 atom stereocenters. The summed E-state index contributed by atoms with van der Waals surface area (Å²) in [6.07, 6.45) is 2.88. The molecule has 4 rings (SSSR count). The van der Waals surface area contributed by atoms with E-state index in [1.165, 1.54) is 0 Å². The summed E-state index contributed by atoms with van der Waals surface area (Å²) in [6.45, 7) is 3.13. The lowest BCUT2D eigenvalue weighted by Gasteiger charge is -2.22. The number of hydrogen-bond donors (Lipinski definition) is 2. The largest absolute Gasteiger partial charge is 0.320 e. The Morgan fingerprint density at radius 2 is 1.68 bits per heavy atom. The Labute approximate surface area is 212 Å². The molecule has 37 heavy (non-hydrogen) atoms. The van der Waals surface area contributed by atoms with Gasteiger partial charge in [-0.25, -0.2) is 18.3 Å². The van der Waals surface area contributed by atoms with Crippen molar-refractivity contribution in [3.63, 3.8) is 0 Å². The van der Waals surface area contributed by atoms with Crippen LogP contribution in [-0.2, 0) is 11.3 Å². The second-order valence-electron chi connectivity index (χ2n) is 8.70. The number of benzene rings is 3. The first-order valence-electron chi connectivity index (χ1n) is 12.0. The number of nitrogens with one attached hydrogen (secondary N) is 2. The van der Waals surface area contributed by atoms with Crippen molar-refractivity contribution in [3.05, 3.63) is 83.7 Å². The first kappa shape index (κ1) is 26.0. The van der Waals surface area contributed by atoms with Crippen molar-refractivity contribution in [2.45, 2.75) is 32.7 Å². The van der Waals surface area contributed by atoms with Crippen molar-refractivity contribution >= 4 is 11.6 Å². The summed E-state index contributed by atoms with van der Waals surface area (Å²) in [4.78, 5) is 14.5. The molecule has 1 amide bonds. The van der Waals surface area contributed by atoms with Gasteiger partial charge in [0.1, 0.15) is 11.5 Å². The molecule has 10 heteroatoms. The molecule has 3 aromatic carbocycles. The number of aromatic amines is 1. The number of nitrogens with zero attached hydrogens (tertiary/aromatic N) is 4. The Balaban J connectivity index is 1.47. The summed E-state index contributed by atoms with van der Waals surface area (Å²) in [5, 5.41) is 16.4. The first-order valence-corrected chi connectivity index (χ1v) is 12.0. The van der Waals surface area contributed by atoms with Gasteiger partial charge in [0, 0.05) is 24.2 Å². The average molecular weight is 509 g/mol. The normalized spacial score (nSPS) is 11.2. The molecule has 1 heterocycles. The highest BCUT2D eigenvalue weighted by molar-refractivity contribution is 5.92. The zero-order valence-corrected chi connectivity index (χ0v) is 20.3. The topological polar surface area (TPSA) is 86.8 Å². The summed E-state index contributed by atoms with van der Waals surface area (Å²) in [7, 11) is 0. The van der Waals surface area contributed by atoms with Crippen LogP contribution < -0.4 is 5.32 Å². The van der Waals surface area contributed by atoms with Crippen LogP contribution in [0.2, 0.25) is 0 Å². The zero-order chi connectivity index (χ0) is 26.2. The maximum absolute atomic E-state index is 14.0. The fourth-order valence-electron chi connectivity index (χ4n) is 4.11. The van der Waals surface area contributed by atoms with Crippen LogP contribution in [0.1, 0.15) is 31.7 Å². The first-order chi connectivity index (χ1) is 17.9. The monoisotopic (exact) mass is 508 g/mol. The number of amides is 1. The molecule has 192 valence electrons. The van der Waals surface area contributed by atoms with Gasteiger partial charge in [0.05, 0.1) is 6.54 Å². The lowest BCUT2D eigenvalue weighted by atomic mass is 9.98. The van der Waals surface area contributed by atoms with E-state index in [1.807, 2.05) is 53.4 Å². The Kier molecular flexibility index (Phi) is 8.63. The molecule has 0 radical (unpaired) electrons. The maximum Gasteiger partial charge on any atom is 0.238 e. The van der Waals surface area contributed by atoms with E-state index in [-0.39, 0.29) is 6.54 Å². The van der Waals surface area contributed by atoms with E-state index >= 15 is 0 Å². The van der Waals surface area contributed by atoms with Gasteiger partial charge in [0.2, 0.25) is 5.91 Å². The third-order valence-corrected chi connectivity index (χ3v) is 5.92. The summed E-state index contributed by atoms with van der Waals surface area (Å²) >= 11 is 0. The Bertz CT molecular complexity index is 1310. The van der Waals surface area contributed by atoms with Gasteiger partial charge in [-0.05, 0) is 40.1 Å². The smallest absolute Gasteiger partial charge is 0.238 e. The van der Waals surface area contributed by atoms with Gasteiger partial charge in [-0.2, -0.15) is 0 Å². The summed E-state index contributed by atoms with van der Waals surface area (Å²) < 4.78 is 41.1. The van der Waals surface area contributed by atoms with Gasteiger partial charge < -0.3 is 5.32 Å². The zero-order valence-electron chi connectivity index (χ0n) is 20.3. The Hall–Kier alpha value is -4.05. The van der Waals surface area contributed by atoms with E-state index in [9.17, 15) is 18.0 Å². The third kappa shape index (κ3) is 6.79. The number of tetrazole rings is 1. The molecule has 0 aliphatic rings. The molecule has 0 spiro atoms. The highest BCUT2D eigenvalue weighted by Gasteiger charge is 2.17. The molecule has 0 fully saturated rings. The van der Waals surface area contributed by atoms with E-state index in [0.29, 0.717) is 31.0 Å². The van der Waals surface area contributed by atoms with E-state index in [2.05, 4.69) is 32.9 Å². The summed E-state index contributed by atoms with van der Waals surface area (Å²) in [6, 6.07) is 16.8. The molecule has 0 saturated carbocycles. The van der Waals surface area contributed by atoms with Crippen LogP contribution in [0.5, 0.6) is 0 Å². The summed E-state index contributed by atoms with van der Waals surface area (Å²) in [5.41, 5.74) is 3.15. The van der Waals surface area contributed by atoms with Gasteiger partial charge in [-0.1, -0.05) is 68.3 Å². The molecule has 0 bridgehead atoms. The van der Waals surface area contributed by atoms with E-state index < -0.39 is 29.0 Å². The van der Waals surface area contributed by atoms with Crippen LogP contribution in [0.25, 0.3) is 22.5 Å². The molecule has 0 aliphatic heterocycles. The second-order valence-corrected chi connectivity index (χ2v) is 8.70. The molecule has 0 aliphatic carbocycles. The minimum absolute atomic E-state index is 0.0664. The van der Waals surface area contributed by atoms with Gasteiger partial charge >= 0.3 is 0 Å². The number of aromatic nitrogens is 4. The molecule has 0 unspecified atom stereocenters. The number of carbonyl (C=O) groups is 1. The van der Waals surface area contributed by atoms with Crippen molar-refractivity contribution in [1.29, 1.82) is 0 Å². The molecular weight excluding hydrogens is 481 g/mol. The lowest BCUT2D eigenvalue weighted by molar-refractivity contribution is -0.117. The quantitative estimate of drug-likeness (QED) is 0.258. The van der Waals surface area contributed by atoms with Crippen molar-refractivity contribution in [1.82, 2.24) is 25.5 Å². The van der Waals surface area contributed by atoms with Gasteiger partial charge in [-0.15, -0.1) is 5.10 Å². The van der Waals surface area contributed by atoms with Gasteiger partial charge in [0.15, 0.2) is 17.5 Å². The predicted molar refractivity (Wildman–Crippen MR) is 135 cm³/mol. The van der Waals surface area contributed by atoms with Crippen molar-refractivity contribution in [2.75, 3.05) is 18.4 Å². The number of rotatable bonds is 11. The van der Waals surface area contributed by atoms with Crippen LogP contribution in [0.4, 0.5) is 18.9 Å². The number of anilines is 1. The SMILES string of the molecule is CCCCCN(CC(=O)Nc1c(F)cc(F)cc1F)Cc1ccc(-c2ccccc2-c2nnn[nH]2)cc1. The highest BCUT2D eigenvalue weighted by Crippen LogP contribution is 2.30. The maximum atomic E-state index is 14.0. The molecule has 4 aromatic rings. The Morgan fingerprint density at radius 1 is 0.973 bits per heavy atom. The third-order valence-electron chi connectivity index (χ3n) is 5.92. The fourth-order valence-corrected chi connectivity index (χ4v) is 4.11. The number of unbranched alkanes of at least 4 members (excludes halogenated alkanes) is 2. The molecule has 1 aromatic heterocycles. The number of halogens is 3. The van der Waals surface area contributed by atoms with Crippen LogP contribution in [0.3, 0.4) is 0 Å². The molecule has 0 saturated heterocycles. The average Bonchev–Trinajstić information content (AvgIpc) is 3.42. The van der Waals surface area contributed by atoms with Gasteiger partial charge in [0.25, 0.3) is 0 Å². The predicted octanol–water partition coefficient (Wildman–Crippen LogP) is 5.58. The minimum Gasteiger partial charge on any atom is -0.320 e. The number of hydrogen-bond acceptors (Lipinski definition) is 5. The number of carbonyl (C=O) groups excluding carboxylic acids is 1. The van der Waals surface area contributed by atoms with E-state index in [1.54, 1.807) is 0 Å². The number of H-pyrrole nitrogens is 1. The van der Waals surface area contributed by atoms with E-state index in [4.69, 9.17) is 0 Å². The van der Waals surface area contributed by atoms with Crippen LogP contribution in [0, 0.1) is 17.5 Å². The van der Waals surface area contributed by atoms with Crippen molar-refractivity contribution < 1.29 is 18.0 Å². The lowest BCUT2D eigenvalue weighted by Crippen LogP contribution is -2.34. The van der Waals surface area contributed by atoms with Crippen LogP contribution in [-0.4, -0.2) is 44.5 Å². The van der Waals surface area contributed by atoms with Crippen molar-refractivity contribution in [3.8, 4) is 22.5 Å². The Morgan fingerprint density at radius 3 is 2.32 bits per heavy atom. The highest BCUT2D eigenvalue weighted by atomic mass is 19.1. The minimum atomic E-state index is -1.15. The van der Waals surface area contributed by atoms with Crippen LogP contribution >= 0.6 is 0 Å². The fraction of sp³-hybridized carbons (Fsp3) is 0.259. The molecular formula is C27H27F3N6O. The summed E-state index contributed by atoms with van der Waals surface area (Å²) in [5.74, 6) is -3.35. The van der Waals surface area contributed by atoms with Crippen molar-refractivity contribution in [2.24, 2.45) is 0 Å². The van der Waals surface area contributed by atoms with Crippen LogP contribution in [0.15, 0.2) is 60.7 Å². The van der Waals surface area contributed by atoms with E-state index in [0.717, 1.165) is 41.5 Å². The molecule has 7 nitrogen and oxygen atoms in total. The second kappa shape index (κ2) is 12.3. The molecule has 2 N–H and O–H groups in total. The standard InChI is InChI=1S/C27H27F3N6O/c1-2-3-6-13-36(17-25(37)31-26-23(29)14-20(28)15-24(26)30)16-18-9-11-19(12-10-18)21-7-4-5-8-22(21)27-32-34-35-33-27/h4-5,7-12,14-15H,2-3,6,13,16-17H2,1H3,(H,31,37)(H,32,33,34,35). The van der Waals surface area contributed by atoms with Gasteiger partial charge in [-0.3, -0.25) is 9.69 Å².